The maximum Gasteiger partial charge on any atom is 0.0681 e. The molecule has 72 valence electrons. The van der Waals surface area contributed by atoms with Crippen molar-refractivity contribution in [2.75, 3.05) is 5.75 Å². The third kappa shape index (κ3) is 3.81. The Bertz CT molecular complexity index is 244. The highest BCUT2D eigenvalue weighted by atomic mass is 32.2. The number of thioether (sulfide) groups is 1. The van der Waals surface area contributed by atoms with Gasteiger partial charge in [-0.1, -0.05) is 12.1 Å². The Morgan fingerprint density at radius 1 is 1.31 bits per heavy atom. The zero-order valence-electron chi connectivity index (χ0n) is 7.60. The lowest BCUT2D eigenvalue weighted by Crippen LogP contribution is -2.02. The Balaban J connectivity index is 2.49. The molecule has 0 heterocycles. The Morgan fingerprint density at radius 2 is 1.92 bits per heavy atom. The smallest absolute Gasteiger partial charge is 0.0681 e. The van der Waals surface area contributed by atoms with Crippen molar-refractivity contribution in [3.63, 3.8) is 0 Å². The van der Waals surface area contributed by atoms with E-state index in [9.17, 15) is 0 Å². The van der Waals surface area contributed by atoms with Gasteiger partial charge in [-0.3, -0.25) is 0 Å². The highest BCUT2D eigenvalue weighted by Crippen LogP contribution is 2.19. The molecule has 0 radical (unpaired) electrons. The molecular formula is C10H14O2S. The minimum atomic E-state index is -0.275. The van der Waals surface area contributed by atoms with E-state index < -0.39 is 0 Å². The molecule has 0 bridgehead atoms. The monoisotopic (exact) mass is 198 g/mol. The molecule has 2 nitrogen and oxygen atoms in total. The predicted molar refractivity (Wildman–Crippen MR) is 54.8 cm³/mol. The third-order valence-corrected chi connectivity index (χ3v) is 2.85. The molecule has 0 spiro atoms. The molecule has 0 aliphatic carbocycles. The van der Waals surface area contributed by atoms with E-state index in [4.69, 9.17) is 10.2 Å². The van der Waals surface area contributed by atoms with Gasteiger partial charge in [0.25, 0.3) is 0 Å². The van der Waals surface area contributed by atoms with E-state index >= 15 is 0 Å². The topological polar surface area (TPSA) is 40.5 Å². The van der Waals surface area contributed by atoms with Gasteiger partial charge in [-0.15, -0.1) is 11.8 Å². The van der Waals surface area contributed by atoms with Gasteiger partial charge in [0.15, 0.2) is 0 Å². The second-order valence-electron chi connectivity index (χ2n) is 2.96. The van der Waals surface area contributed by atoms with E-state index in [1.807, 2.05) is 24.3 Å². The minimum Gasteiger partial charge on any atom is -0.393 e. The second-order valence-corrected chi connectivity index (χ2v) is 4.06. The van der Waals surface area contributed by atoms with Gasteiger partial charge in [0.2, 0.25) is 0 Å². The molecule has 0 unspecified atom stereocenters. The summed E-state index contributed by atoms with van der Waals surface area (Å²) in [5, 5.41) is 17.9. The maximum atomic E-state index is 9.05. The van der Waals surface area contributed by atoms with Crippen molar-refractivity contribution in [3.8, 4) is 0 Å². The van der Waals surface area contributed by atoms with Crippen molar-refractivity contribution in [1.82, 2.24) is 0 Å². The molecule has 1 aromatic rings. The Kier molecular flexibility index (Phi) is 4.28. The molecular weight excluding hydrogens is 184 g/mol. The molecule has 0 aliphatic heterocycles. The lowest BCUT2D eigenvalue weighted by Gasteiger charge is -2.04. The van der Waals surface area contributed by atoms with E-state index in [1.54, 1.807) is 18.7 Å². The Morgan fingerprint density at radius 3 is 2.38 bits per heavy atom. The van der Waals surface area contributed by atoms with Crippen LogP contribution in [-0.4, -0.2) is 22.1 Å². The second kappa shape index (κ2) is 5.27. The molecule has 2 N–H and O–H groups in total. The zero-order valence-corrected chi connectivity index (χ0v) is 8.42. The number of rotatable bonds is 4. The summed E-state index contributed by atoms with van der Waals surface area (Å²) in [6.07, 6.45) is -0.275. The molecule has 0 saturated carbocycles. The van der Waals surface area contributed by atoms with Gasteiger partial charge in [0.05, 0.1) is 12.7 Å². The van der Waals surface area contributed by atoms with Gasteiger partial charge in [-0.2, -0.15) is 0 Å². The van der Waals surface area contributed by atoms with Crippen molar-refractivity contribution >= 4 is 11.8 Å². The van der Waals surface area contributed by atoms with E-state index in [0.29, 0.717) is 5.75 Å². The predicted octanol–water partition coefficient (Wildman–Crippen LogP) is 1.65. The summed E-state index contributed by atoms with van der Waals surface area (Å²) in [6, 6.07) is 7.70. The van der Waals surface area contributed by atoms with Gasteiger partial charge in [-0.25, -0.2) is 0 Å². The minimum absolute atomic E-state index is 0.0847. The van der Waals surface area contributed by atoms with Crippen LogP contribution in [0, 0.1) is 0 Å². The summed E-state index contributed by atoms with van der Waals surface area (Å²) in [4.78, 5) is 1.12. The maximum absolute atomic E-state index is 9.05. The average molecular weight is 198 g/mol. The summed E-state index contributed by atoms with van der Waals surface area (Å²) in [5.74, 6) is 0.707. The lowest BCUT2D eigenvalue weighted by atomic mass is 10.2. The number of aliphatic hydroxyl groups is 2. The van der Waals surface area contributed by atoms with Crippen LogP contribution in [0.3, 0.4) is 0 Å². The van der Waals surface area contributed by atoms with Gasteiger partial charge < -0.3 is 10.2 Å². The van der Waals surface area contributed by atoms with E-state index in [1.165, 1.54) is 0 Å². The Labute approximate surface area is 82.6 Å². The lowest BCUT2D eigenvalue weighted by molar-refractivity contribution is 0.220. The van der Waals surface area contributed by atoms with Crippen LogP contribution in [0.15, 0.2) is 29.2 Å². The van der Waals surface area contributed by atoms with Crippen LogP contribution < -0.4 is 0 Å². The molecule has 1 rings (SSSR count). The van der Waals surface area contributed by atoms with Crippen LogP contribution in [0.2, 0.25) is 0 Å². The first-order chi connectivity index (χ1) is 6.22. The molecule has 0 amide bonds. The van der Waals surface area contributed by atoms with Crippen LogP contribution in [-0.2, 0) is 6.61 Å². The molecule has 1 aromatic carbocycles. The van der Waals surface area contributed by atoms with Crippen molar-refractivity contribution < 1.29 is 10.2 Å². The highest BCUT2D eigenvalue weighted by Gasteiger charge is 1.98. The van der Waals surface area contributed by atoms with Gasteiger partial charge >= 0.3 is 0 Å². The fourth-order valence-electron chi connectivity index (χ4n) is 0.908. The third-order valence-electron chi connectivity index (χ3n) is 1.60. The van der Waals surface area contributed by atoms with Gasteiger partial charge in [-0.05, 0) is 24.6 Å². The average Bonchev–Trinajstić information content (AvgIpc) is 2.15. The summed E-state index contributed by atoms with van der Waals surface area (Å²) in [6.45, 7) is 1.86. The molecule has 3 heteroatoms. The molecule has 0 aromatic heterocycles. The number of aliphatic hydroxyl groups excluding tert-OH is 2. The SMILES string of the molecule is C[C@H](O)CSc1ccc(CO)cc1. The van der Waals surface area contributed by atoms with E-state index in [0.717, 1.165) is 10.5 Å². The zero-order chi connectivity index (χ0) is 9.68. The van der Waals surface area contributed by atoms with Crippen molar-refractivity contribution in [3.05, 3.63) is 29.8 Å². The normalized spacial score (nSPS) is 12.8. The molecule has 13 heavy (non-hydrogen) atoms. The van der Waals surface area contributed by atoms with Crippen molar-refractivity contribution in [2.45, 2.75) is 24.5 Å². The molecule has 0 aliphatic rings. The van der Waals surface area contributed by atoms with Crippen LogP contribution in [0.4, 0.5) is 0 Å². The molecule has 0 saturated heterocycles. The van der Waals surface area contributed by atoms with Crippen LogP contribution in [0.1, 0.15) is 12.5 Å². The summed E-state index contributed by atoms with van der Waals surface area (Å²) in [7, 11) is 0. The first-order valence-corrected chi connectivity index (χ1v) is 5.21. The fraction of sp³-hybridized carbons (Fsp3) is 0.400. The van der Waals surface area contributed by atoms with Gasteiger partial charge in [0, 0.05) is 10.6 Å². The van der Waals surface area contributed by atoms with Crippen LogP contribution in [0.5, 0.6) is 0 Å². The summed E-state index contributed by atoms with van der Waals surface area (Å²) in [5.41, 5.74) is 0.918. The first-order valence-electron chi connectivity index (χ1n) is 4.23. The van der Waals surface area contributed by atoms with E-state index in [2.05, 4.69) is 0 Å². The summed E-state index contributed by atoms with van der Waals surface area (Å²) >= 11 is 1.62. The first kappa shape index (κ1) is 10.6. The van der Waals surface area contributed by atoms with Crippen LogP contribution >= 0.6 is 11.8 Å². The van der Waals surface area contributed by atoms with Gasteiger partial charge in [0.1, 0.15) is 0 Å². The Hall–Kier alpha value is -0.510. The van der Waals surface area contributed by atoms with Crippen LogP contribution in [0.25, 0.3) is 0 Å². The number of hydrogen-bond acceptors (Lipinski definition) is 3. The standard InChI is InChI=1S/C10H14O2S/c1-8(12)7-13-10-4-2-9(6-11)3-5-10/h2-5,8,11-12H,6-7H2,1H3/t8-/m0/s1. The number of hydrogen-bond donors (Lipinski definition) is 2. The van der Waals surface area contributed by atoms with Crippen molar-refractivity contribution in [1.29, 1.82) is 0 Å². The largest absolute Gasteiger partial charge is 0.393 e. The number of benzene rings is 1. The fourth-order valence-corrected chi connectivity index (χ4v) is 1.67. The molecule has 1 atom stereocenters. The quantitative estimate of drug-likeness (QED) is 0.723. The van der Waals surface area contributed by atoms with E-state index in [-0.39, 0.29) is 12.7 Å². The summed E-state index contributed by atoms with van der Waals surface area (Å²) < 4.78 is 0. The molecule has 0 fully saturated rings. The van der Waals surface area contributed by atoms with Crippen molar-refractivity contribution in [2.24, 2.45) is 0 Å². The highest BCUT2D eigenvalue weighted by molar-refractivity contribution is 7.99.